The van der Waals surface area contributed by atoms with Gasteiger partial charge in [0.15, 0.2) is 0 Å². The van der Waals surface area contributed by atoms with Crippen molar-refractivity contribution in [2.45, 2.75) is 26.4 Å². The molecule has 0 atom stereocenters. The first kappa shape index (κ1) is 15.8. The zero-order valence-corrected chi connectivity index (χ0v) is 13.0. The first-order valence-corrected chi connectivity index (χ1v) is 6.83. The predicted molar refractivity (Wildman–Crippen MR) is 82.1 cm³/mol. The minimum atomic E-state index is -0.868. The van der Waals surface area contributed by atoms with Crippen molar-refractivity contribution in [3.8, 4) is 5.75 Å². The van der Waals surface area contributed by atoms with Crippen molar-refractivity contribution in [1.29, 1.82) is 0 Å². The Morgan fingerprint density at radius 2 is 1.68 bits per heavy atom. The smallest absolute Gasteiger partial charge is 0.465 e. The van der Waals surface area contributed by atoms with E-state index in [0.29, 0.717) is 5.39 Å². The normalized spacial score (nSPS) is 11.1. The highest BCUT2D eigenvalue weighted by molar-refractivity contribution is 6.07. The van der Waals surface area contributed by atoms with E-state index in [1.807, 2.05) is 12.1 Å². The van der Waals surface area contributed by atoms with Gasteiger partial charge in [0.05, 0.1) is 7.11 Å². The summed E-state index contributed by atoms with van der Waals surface area (Å²) < 4.78 is 15.1. The molecule has 0 fully saturated rings. The van der Waals surface area contributed by atoms with Crippen LogP contribution in [0.1, 0.15) is 31.1 Å². The maximum Gasteiger partial charge on any atom is 0.514 e. The lowest BCUT2D eigenvalue weighted by atomic mass is 10.0. The van der Waals surface area contributed by atoms with Crippen LogP contribution in [0.15, 0.2) is 36.4 Å². The van der Waals surface area contributed by atoms with Crippen LogP contribution < -0.4 is 4.74 Å². The molecule has 0 spiro atoms. The van der Waals surface area contributed by atoms with Gasteiger partial charge in [-0.05, 0) is 37.6 Å². The lowest BCUT2D eigenvalue weighted by Gasteiger charge is -2.19. The Kier molecular flexibility index (Phi) is 4.35. The fourth-order valence-corrected chi connectivity index (χ4v) is 2.01. The van der Waals surface area contributed by atoms with Gasteiger partial charge in [-0.25, -0.2) is 9.59 Å². The zero-order valence-electron chi connectivity index (χ0n) is 13.0. The summed E-state index contributed by atoms with van der Waals surface area (Å²) in [6, 6.07) is 10.6. The Morgan fingerprint density at radius 3 is 2.32 bits per heavy atom. The molecular weight excluding hydrogens is 284 g/mol. The minimum Gasteiger partial charge on any atom is -0.465 e. The molecule has 0 saturated heterocycles. The highest BCUT2D eigenvalue weighted by atomic mass is 16.7. The third kappa shape index (κ3) is 3.55. The Morgan fingerprint density at radius 1 is 1.00 bits per heavy atom. The van der Waals surface area contributed by atoms with Crippen LogP contribution in [-0.2, 0) is 9.47 Å². The van der Waals surface area contributed by atoms with Crippen LogP contribution in [-0.4, -0.2) is 24.8 Å². The van der Waals surface area contributed by atoms with E-state index in [9.17, 15) is 9.59 Å². The molecule has 0 aliphatic heterocycles. The molecular formula is C17H18O5. The Hall–Kier alpha value is -2.56. The number of hydrogen-bond acceptors (Lipinski definition) is 5. The van der Waals surface area contributed by atoms with Crippen molar-refractivity contribution in [3.05, 3.63) is 42.0 Å². The van der Waals surface area contributed by atoms with E-state index in [0.717, 1.165) is 5.39 Å². The Bertz CT molecular complexity index is 713. The monoisotopic (exact) mass is 302 g/mol. The Balaban J connectivity index is 2.45. The number of carbonyl (C=O) groups excluding carboxylic acids is 2. The molecule has 0 radical (unpaired) electrons. The van der Waals surface area contributed by atoms with Crippen molar-refractivity contribution < 1.29 is 23.8 Å². The summed E-state index contributed by atoms with van der Waals surface area (Å²) in [6.45, 7) is 5.20. The second-order valence-corrected chi connectivity index (χ2v) is 5.72. The number of carbonyl (C=O) groups is 2. The average molecular weight is 302 g/mol. The van der Waals surface area contributed by atoms with Gasteiger partial charge in [-0.1, -0.05) is 30.3 Å². The third-order valence-corrected chi connectivity index (χ3v) is 2.86. The van der Waals surface area contributed by atoms with E-state index in [-0.39, 0.29) is 11.3 Å². The molecule has 2 rings (SSSR count). The number of methoxy groups -OCH3 is 1. The van der Waals surface area contributed by atoms with Crippen LogP contribution >= 0.6 is 0 Å². The molecule has 0 aliphatic rings. The van der Waals surface area contributed by atoms with Crippen LogP contribution in [0.5, 0.6) is 5.75 Å². The van der Waals surface area contributed by atoms with Crippen LogP contribution in [0.2, 0.25) is 0 Å². The van der Waals surface area contributed by atoms with Gasteiger partial charge in [0.25, 0.3) is 0 Å². The largest absolute Gasteiger partial charge is 0.514 e. The van der Waals surface area contributed by atoms with Gasteiger partial charge < -0.3 is 14.2 Å². The zero-order chi connectivity index (χ0) is 16.3. The molecule has 0 bridgehead atoms. The van der Waals surface area contributed by atoms with Gasteiger partial charge >= 0.3 is 12.1 Å². The Labute approximate surface area is 128 Å². The molecule has 0 N–H and O–H groups in total. The SMILES string of the molecule is COC(=O)c1c(OC(=O)OC(C)(C)C)ccc2ccccc12. The van der Waals surface area contributed by atoms with E-state index in [1.54, 1.807) is 45.0 Å². The van der Waals surface area contributed by atoms with Crippen molar-refractivity contribution in [3.63, 3.8) is 0 Å². The molecule has 22 heavy (non-hydrogen) atoms. The molecule has 0 saturated carbocycles. The molecule has 116 valence electrons. The number of benzene rings is 2. The first-order chi connectivity index (χ1) is 10.3. The van der Waals surface area contributed by atoms with Crippen molar-refractivity contribution in [2.24, 2.45) is 0 Å². The summed E-state index contributed by atoms with van der Waals surface area (Å²) in [5.74, 6) is -0.463. The topological polar surface area (TPSA) is 61.8 Å². The molecule has 0 heterocycles. The molecule has 0 unspecified atom stereocenters. The highest BCUT2D eigenvalue weighted by Gasteiger charge is 2.23. The molecule has 0 aliphatic carbocycles. The summed E-state index contributed by atoms with van der Waals surface area (Å²) in [7, 11) is 1.28. The molecule has 0 amide bonds. The maximum atomic E-state index is 12.1. The summed E-state index contributed by atoms with van der Waals surface area (Å²) >= 11 is 0. The average Bonchev–Trinajstić information content (AvgIpc) is 2.44. The van der Waals surface area contributed by atoms with Crippen LogP contribution in [0, 0.1) is 0 Å². The lowest BCUT2D eigenvalue weighted by molar-refractivity contribution is 0.0204. The fourth-order valence-electron chi connectivity index (χ4n) is 2.01. The van der Waals surface area contributed by atoms with E-state index in [4.69, 9.17) is 14.2 Å². The third-order valence-electron chi connectivity index (χ3n) is 2.86. The molecule has 5 nitrogen and oxygen atoms in total. The molecule has 5 heteroatoms. The van der Waals surface area contributed by atoms with Gasteiger partial charge in [-0.15, -0.1) is 0 Å². The molecule has 0 aromatic heterocycles. The summed E-state index contributed by atoms with van der Waals surface area (Å²) in [4.78, 5) is 23.9. The van der Waals surface area contributed by atoms with Gasteiger partial charge in [0.1, 0.15) is 16.9 Å². The number of ether oxygens (including phenoxy) is 3. The van der Waals surface area contributed by atoms with Gasteiger partial charge in [0, 0.05) is 0 Å². The van der Waals surface area contributed by atoms with E-state index >= 15 is 0 Å². The van der Waals surface area contributed by atoms with Crippen molar-refractivity contribution in [1.82, 2.24) is 0 Å². The van der Waals surface area contributed by atoms with Gasteiger partial charge in [-0.2, -0.15) is 0 Å². The summed E-state index contributed by atoms with van der Waals surface area (Å²) in [5.41, 5.74) is -0.481. The maximum absolute atomic E-state index is 12.1. The van der Waals surface area contributed by atoms with E-state index in [1.165, 1.54) is 7.11 Å². The molecule has 2 aromatic rings. The van der Waals surface area contributed by atoms with E-state index in [2.05, 4.69) is 0 Å². The van der Waals surface area contributed by atoms with Crippen molar-refractivity contribution >= 4 is 22.9 Å². The fraction of sp³-hybridized carbons (Fsp3) is 0.294. The predicted octanol–water partition coefficient (Wildman–Crippen LogP) is 3.94. The number of fused-ring (bicyclic) bond motifs is 1. The van der Waals surface area contributed by atoms with E-state index < -0.39 is 17.7 Å². The van der Waals surface area contributed by atoms with Crippen LogP contribution in [0.3, 0.4) is 0 Å². The second kappa shape index (κ2) is 6.05. The first-order valence-electron chi connectivity index (χ1n) is 6.83. The van der Waals surface area contributed by atoms with Crippen LogP contribution in [0.25, 0.3) is 10.8 Å². The number of rotatable bonds is 2. The minimum absolute atomic E-state index is 0.111. The second-order valence-electron chi connectivity index (χ2n) is 5.72. The molecule has 2 aromatic carbocycles. The summed E-state index contributed by atoms with van der Waals surface area (Å²) in [6.07, 6.45) is -0.868. The van der Waals surface area contributed by atoms with Gasteiger partial charge in [-0.3, -0.25) is 0 Å². The highest BCUT2D eigenvalue weighted by Crippen LogP contribution is 2.29. The standard InChI is InChI=1S/C17H18O5/c1-17(2,3)22-16(19)21-13-10-9-11-7-5-6-8-12(11)14(13)15(18)20-4/h5-10H,1-4H3. The van der Waals surface area contributed by atoms with Gasteiger partial charge in [0.2, 0.25) is 0 Å². The summed E-state index contributed by atoms with van der Waals surface area (Å²) in [5, 5.41) is 1.50. The van der Waals surface area contributed by atoms with Crippen LogP contribution in [0.4, 0.5) is 4.79 Å². The lowest BCUT2D eigenvalue weighted by Crippen LogP contribution is -2.26. The van der Waals surface area contributed by atoms with Crippen molar-refractivity contribution in [2.75, 3.05) is 7.11 Å². The number of hydrogen-bond donors (Lipinski definition) is 0. The number of esters is 1. The quantitative estimate of drug-likeness (QED) is 0.621.